The zero-order chi connectivity index (χ0) is 10.9. The molecule has 0 aromatic carbocycles. The molecule has 1 N–H and O–H groups in total. The van der Waals surface area contributed by atoms with Crippen LogP contribution in [0, 0.1) is 5.92 Å². The van der Waals surface area contributed by atoms with Gasteiger partial charge in [0, 0.05) is 6.54 Å². The summed E-state index contributed by atoms with van der Waals surface area (Å²) in [5.74, 6) is 0.886. The summed E-state index contributed by atoms with van der Waals surface area (Å²) in [6.07, 6.45) is 8.90. The summed E-state index contributed by atoms with van der Waals surface area (Å²) in [7, 11) is 0. The zero-order valence-corrected chi connectivity index (χ0v) is 9.76. The van der Waals surface area contributed by atoms with Gasteiger partial charge in [-0.15, -0.1) is 0 Å². The van der Waals surface area contributed by atoms with E-state index in [4.69, 9.17) is 4.74 Å². The molecule has 0 radical (unpaired) electrons. The Balaban J connectivity index is 1.93. The maximum Gasteiger partial charge on any atom is 0.407 e. The molecular formula is C12H23NO2. The van der Waals surface area contributed by atoms with Gasteiger partial charge in [-0.2, -0.15) is 0 Å². The first-order valence-electron chi connectivity index (χ1n) is 6.23. The van der Waals surface area contributed by atoms with Crippen LogP contribution in [0.25, 0.3) is 0 Å². The molecule has 0 aromatic rings. The molecule has 0 saturated heterocycles. The summed E-state index contributed by atoms with van der Waals surface area (Å²) in [4.78, 5) is 11.0. The molecule has 1 saturated carbocycles. The zero-order valence-electron chi connectivity index (χ0n) is 9.76. The predicted octanol–water partition coefficient (Wildman–Crippen LogP) is 3.09. The van der Waals surface area contributed by atoms with E-state index >= 15 is 0 Å². The minimum absolute atomic E-state index is 0.277. The lowest BCUT2D eigenvalue weighted by Crippen LogP contribution is -2.24. The van der Waals surface area contributed by atoms with Crippen LogP contribution in [0.5, 0.6) is 0 Å². The van der Waals surface area contributed by atoms with E-state index in [-0.39, 0.29) is 6.09 Å². The lowest BCUT2D eigenvalue weighted by Gasteiger charge is -2.21. The highest BCUT2D eigenvalue weighted by atomic mass is 16.5. The Bertz CT molecular complexity index is 176. The number of carbonyl (C=O) groups excluding carboxylic acids is 1. The number of hydrogen-bond acceptors (Lipinski definition) is 2. The Kier molecular flexibility index (Phi) is 6.21. The number of alkyl carbamates (subject to hydrolysis) is 1. The van der Waals surface area contributed by atoms with E-state index < -0.39 is 0 Å². The van der Waals surface area contributed by atoms with Crippen LogP contribution in [-0.4, -0.2) is 19.2 Å². The van der Waals surface area contributed by atoms with Crippen molar-refractivity contribution in [2.45, 2.75) is 51.9 Å². The van der Waals surface area contributed by atoms with E-state index in [9.17, 15) is 4.79 Å². The summed E-state index contributed by atoms with van der Waals surface area (Å²) in [6.45, 7) is 3.10. The highest BCUT2D eigenvalue weighted by Crippen LogP contribution is 2.27. The second-order valence-electron chi connectivity index (χ2n) is 4.31. The average molecular weight is 213 g/mol. The van der Waals surface area contributed by atoms with Gasteiger partial charge >= 0.3 is 6.09 Å². The summed E-state index contributed by atoms with van der Waals surface area (Å²) in [5.41, 5.74) is 0. The normalized spacial score (nSPS) is 17.4. The third kappa shape index (κ3) is 5.65. The first-order chi connectivity index (χ1) is 7.33. The third-order valence-corrected chi connectivity index (χ3v) is 3.04. The molecule has 88 valence electrons. The molecule has 0 bridgehead atoms. The molecule has 3 heteroatoms. The van der Waals surface area contributed by atoms with E-state index in [1.807, 2.05) is 6.92 Å². The van der Waals surface area contributed by atoms with Gasteiger partial charge in [0.1, 0.15) is 0 Å². The Morgan fingerprint density at radius 3 is 2.73 bits per heavy atom. The molecule has 0 unspecified atom stereocenters. The van der Waals surface area contributed by atoms with Crippen LogP contribution in [0.1, 0.15) is 51.9 Å². The van der Waals surface area contributed by atoms with Crippen LogP contribution >= 0.6 is 0 Å². The SMILES string of the molecule is CCNC(=O)OCCCC1CCCCC1. The van der Waals surface area contributed by atoms with Crippen molar-refractivity contribution in [2.75, 3.05) is 13.2 Å². The molecule has 0 aliphatic heterocycles. The van der Waals surface area contributed by atoms with Gasteiger partial charge in [0.15, 0.2) is 0 Å². The smallest absolute Gasteiger partial charge is 0.407 e. The van der Waals surface area contributed by atoms with Crippen LogP contribution in [0.2, 0.25) is 0 Å². The molecule has 1 aliphatic rings. The molecule has 1 fully saturated rings. The second kappa shape index (κ2) is 7.55. The summed E-state index contributed by atoms with van der Waals surface area (Å²) in [6, 6.07) is 0. The topological polar surface area (TPSA) is 38.3 Å². The fourth-order valence-corrected chi connectivity index (χ4v) is 2.21. The number of carbonyl (C=O) groups is 1. The minimum Gasteiger partial charge on any atom is -0.450 e. The van der Waals surface area contributed by atoms with E-state index in [1.165, 1.54) is 38.5 Å². The fourth-order valence-electron chi connectivity index (χ4n) is 2.21. The molecule has 0 spiro atoms. The molecule has 1 amide bonds. The van der Waals surface area contributed by atoms with E-state index in [0.717, 1.165) is 12.3 Å². The Morgan fingerprint density at radius 2 is 2.07 bits per heavy atom. The first kappa shape index (κ1) is 12.3. The van der Waals surface area contributed by atoms with Crippen LogP contribution in [0.4, 0.5) is 4.79 Å². The Labute approximate surface area is 92.6 Å². The van der Waals surface area contributed by atoms with Crippen LogP contribution in [-0.2, 0) is 4.74 Å². The van der Waals surface area contributed by atoms with Crippen molar-refractivity contribution >= 4 is 6.09 Å². The number of rotatable bonds is 5. The van der Waals surface area contributed by atoms with Crippen LogP contribution in [0.3, 0.4) is 0 Å². The molecule has 1 aliphatic carbocycles. The van der Waals surface area contributed by atoms with Crippen LogP contribution in [0.15, 0.2) is 0 Å². The molecule has 0 atom stereocenters. The highest BCUT2D eigenvalue weighted by molar-refractivity contribution is 5.66. The van der Waals surface area contributed by atoms with Gasteiger partial charge in [-0.1, -0.05) is 32.1 Å². The van der Waals surface area contributed by atoms with E-state index in [1.54, 1.807) is 0 Å². The molecule has 15 heavy (non-hydrogen) atoms. The summed E-state index contributed by atoms with van der Waals surface area (Å²) < 4.78 is 5.02. The van der Waals surface area contributed by atoms with Crippen molar-refractivity contribution in [1.82, 2.24) is 5.32 Å². The van der Waals surface area contributed by atoms with Crippen molar-refractivity contribution in [1.29, 1.82) is 0 Å². The highest BCUT2D eigenvalue weighted by Gasteiger charge is 2.12. The molecular weight excluding hydrogens is 190 g/mol. The van der Waals surface area contributed by atoms with Gasteiger partial charge < -0.3 is 10.1 Å². The molecule has 1 rings (SSSR count). The summed E-state index contributed by atoms with van der Waals surface area (Å²) in [5, 5.41) is 2.62. The number of nitrogens with one attached hydrogen (secondary N) is 1. The quantitative estimate of drug-likeness (QED) is 0.713. The minimum atomic E-state index is -0.277. The van der Waals surface area contributed by atoms with Crippen molar-refractivity contribution in [3.63, 3.8) is 0 Å². The van der Waals surface area contributed by atoms with Crippen molar-refractivity contribution in [3.05, 3.63) is 0 Å². The monoisotopic (exact) mass is 213 g/mol. The van der Waals surface area contributed by atoms with Crippen molar-refractivity contribution < 1.29 is 9.53 Å². The largest absolute Gasteiger partial charge is 0.450 e. The summed E-state index contributed by atoms with van der Waals surface area (Å²) >= 11 is 0. The lowest BCUT2D eigenvalue weighted by molar-refractivity contribution is 0.141. The predicted molar refractivity (Wildman–Crippen MR) is 60.8 cm³/mol. The fraction of sp³-hybridized carbons (Fsp3) is 0.917. The van der Waals surface area contributed by atoms with Gasteiger partial charge in [-0.05, 0) is 25.7 Å². The standard InChI is InChI=1S/C12H23NO2/c1-2-13-12(14)15-10-6-9-11-7-4-3-5-8-11/h11H,2-10H2,1H3,(H,13,14). The second-order valence-corrected chi connectivity index (χ2v) is 4.31. The Hall–Kier alpha value is -0.730. The molecule has 0 heterocycles. The van der Waals surface area contributed by atoms with E-state index in [2.05, 4.69) is 5.32 Å². The number of hydrogen-bond donors (Lipinski definition) is 1. The Morgan fingerprint density at radius 1 is 1.33 bits per heavy atom. The van der Waals surface area contributed by atoms with Crippen molar-refractivity contribution in [3.8, 4) is 0 Å². The van der Waals surface area contributed by atoms with Gasteiger partial charge in [0.2, 0.25) is 0 Å². The van der Waals surface area contributed by atoms with E-state index in [0.29, 0.717) is 13.2 Å². The van der Waals surface area contributed by atoms with Gasteiger partial charge in [-0.25, -0.2) is 4.79 Å². The average Bonchev–Trinajstić information content (AvgIpc) is 2.26. The third-order valence-electron chi connectivity index (χ3n) is 3.04. The van der Waals surface area contributed by atoms with Gasteiger partial charge in [-0.3, -0.25) is 0 Å². The van der Waals surface area contributed by atoms with Crippen molar-refractivity contribution in [2.24, 2.45) is 5.92 Å². The maximum absolute atomic E-state index is 11.0. The van der Waals surface area contributed by atoms with Gasteiger partial charge in [0.05, 0.1) is 6.61 Å². The lowest BCUT2D eigenvalue weighted by atomic mass is 9.86. The molecule has 0 aromatic heterocycles. The first-order valence-corrected chi connectivity index (χ1v) is 6.23. The number of ether oxygens (including phenoxy) is 1. The maximum atomic E-state index is 11.0. The number of amides is 1. The van der Waals surface area contributed by atoms with Gasteiger partial charge in [0.25, 0.3) is 0 Å². The van der Waals surface area contributed by atoms with Crippen LogP contribution < -0.4 is 5.32 Å². The molecule has 3 nitrogen and oxygen atoms in total.